The second-order valence-corrected chi connectivity index (χ2v) is 11.2. The Hall–Kier alpha value is -2.98. The van der Waals surface area contributed by atoms with Gasteiger partial charge in [-0.15, -0.1) is 0 Å². The van der Waals surface area contributed by atoms with Gasteiger partial charge in [0.15, 0.2) is 5.82 Å². The molecule has 2 aromatic heterocycles. The zero-order chi connectivity index (χ0) is 24.3. The van der Waals surface area contributed by atoms with Crippen LogP contribution in [0.1, 0.15) is 50.3 Å². The number of hydrogen-bond donors (Lipinski definition) is 2. The molecule has 2 fully saturated rings. The molecule has 0 atom stereocenters. The zero-order valence-corrected chi connectivity index (χ0v) is 20.2. The molecule has 8 nitrogen and oxygen atoms in total. The molecule has 10 heteroatoms. The molecule has 0 radical (unpaired) electrons. The summed E-state index contributed by atoms with van der Waals surface area (Å²) >= 11 is 0. The molecule has 2 aliphatic carbocycles. The highest BCUT2D eigenvalue weighted by atomic mass is 32.2. The summed E-state index contributed by atoms with van der Waals surface area (Å²) in [7, 11) is -3.63. The van der Waals surface area contributed by atoms with Gasteiger partial charge < -0.3 is 5.32 Å². The van der Waals surface area contributed by atoms with Gasteiger partial charge in [0.2, 0.25) is 16.0 Å². The van der Waals surface area contributed by atoms with Crippen molar-refractivity contribution in [3.63, 3.8) is 0 Å². The normalized spacial score (nSPS) is 20.5. The zero-order valence-electron chi connectivity index (χ0n) is 19.4. The molecule has 0 spiro atoms. The predicted octanol–water partition coefficient (Wildman–Crippen LogP) is 4.15. The highest BCUT2D eigenvalue weighted by Gasteiger charge is 2.28. The van der Waals surface area contributed by atoms with Crippen LogP contribution in [-0.2, 0) is 10.0 Å². The number of benzene rings is 1. The standard InChI is InChI=1S/C25H29FN6O2S/c26-20-10-12-21(13-11-20)35(33,34)29-16-18-6-4-17(5-7-18)15-28-25-31-23(19-8-9-19)30-24(32-25)22-3-1-2-14-27-22/h1-3,10-14,17-19,29H,4-9,15-16H2,(H,28,30,31,32). The van der Waals surface area contributed by atoms with Gasteiger partial charge in [0.05, 0.1) is 4.90 Å². The van der Waals surface area contributed by atoms with Gasteiger partial charge in [-0.25, -0.2) is 22.5 Å². The minimum atomic E-state index is -3.63. The lowest BCUT2D eigenvalue weighted by molar-refractivity contribution is 0.284. The van der Waals surface area contributed by atoms with E-state index in [-0.39, 0.29) is 10.8 Å². The second-order valence-electron chi connectivity index (χ2n) is 9.40. The SMILES string of the molecule is O=S(=O)(NCC1CCC(CNc2nc(-c3ccccn3)nc(C3CC3)n2)CC1)c1ccc(F)cc1. The van der Waals surface area contributed by atoms with E-state index >= 15 is 0 Å². The molecule has 2 heterocycles. The van der Waals surface area contributed by atoms with Crippen LogP contribution in [0, 0.1) is 17.7 Å². The largest absolute Gasteiger partial charge is 0.354 e. The van der Waals surface area contributed by atoms with Crippen LogP contribution in [0.25, 0.3) is 11.5 Å². The smallest absolute Gasteiger partial charge is 0.240 e. The molecule has 3 aromatic rings. The number of pyridine rings is 1. The Morgan fingerprint density at radius 3 is 2.23 bits per heavy atom. The average Bonchev–Trinajstić information content (AvgIpc) is 3.73. The molecule has 0 saturated heterocycles. The van der Waals surface area contributed by atoms with Gasteiger partial charge in [-0.2, -0.15) is 9.97 Å². The maximum absolute atomic E-state index is 13.1. The Morgan fingerprint density at radius 2 is 1.57 bits per heavy atom. The first-order valence-electron chi connectivity index (χ1n) is 12.1. The number of hydrogen-bond acceptors (Lipinski definition) is 7. The van der Waals surface area contributed by atoms with Crippen molar-refractivity contribution in [3.8, 4) is 11.5 Å². The van der Waals surface area contributed by atoms with Crippen LogP contribution in [-0.4, -0.2) is 41.4 Å². The Bertz CT molecular complexity index is 1240. The minimum Gasteiger partial charge on any atom is -0.354 e. The van der Waals surface area contributed by atoms with Gasteiger partial charge in [0.25, 0.3) is 0 Å². The summed E-state index contributed by atoms with van der Waals surface area (Å²) in [4.78, 5) is 18.4. The molecular weight excluding hydrogens is 467 g/mol. The first-order valence-corrected chi connectivity index (χ1v) is 13.6. The first kappa shape index (κ1) is 23.7. The summed E-state index contributed by atoms with van der Waals surface area (Å²) in [5.41, 5.74) is 0.739. The van der Waals surface area contributed by atoms with Crippen LogP contribution in [0.3, 0.4) is 0 Å². The second kappa shape index (κ2) is 10.3. The quantitative estimate of drug-likeness (QED) is 0.458. The van der Waals surface area contributed by atoms with Crippen LogP contribution in [0.5, 0.6) is 0 Å². The lowest BCUT2D eigenvalue weighted by atomic mass is 9.82. The number of halogens is 1. The molecule has 1 aromatic carbocycles. The third-order valence-corrected chi connectivity index (χ3v) is 8.13. The Labute approximate surface area is 204 Å². The third kappa shape index (κ3) is 6.18. The van der Waals surface area contributed by atoms with E-state index < -0.39 is 15.8 Å². The van der Waals surface area contributed by atoms with Crippen molar-refractivity contribution in [1.82, 2.24) is 24.7 Å². The summed E-state index contributed by atoms with van der Waals surface area (Å²) in [6.45, 7) is 1.16. The van der Waals surface area contributed by atoms with Crippen LogP contribution in [0.4, 0.5) is 10.3 Å². The van der Waals surface area contributed by atoms with Crippen LogP contribution >= 0.6 is 0 Å². The Balaban J connectivity index is 1.13. The van der Waals surface area contributed by atoms with E-state index in [2.05, 4.69) is 30.0 Å². The molecule has 184 valence electrons. The van der Waals surface area contributed by atoms with Crippen LogP contribution in [0.2, 0.25) is 0 Å². The number of aromatic nitrogens is 4. The molecule has 0 unspecified atom stereocenters. The van der Waals surface area contributed by atoms with Gasteiger partial charge in [-0.1, -0.05) is 6.07 Å². The lowest BCUT2D eigenvalue weighted by Gasteiger charge is -2.28. The number of nitrogens with one attached hydrogen (secondary N) is 2. The predicted molar refractivity (Wildman–Crippen MR) is 131 cm³/mol. The average molecular weight is 497 g/mol. The summed E-state index contributed by atoms with van der Waals surface area (Å²) in [6.07, 6.45) is 7.86. The fraction of sp³-hybridized carbons (Fsp3) is 0.440. The monoisotopic (exact) mass is 496 g/mol. The maximum atomic E-state index is 13.1. The van der Waals surface area contributed by atoms with Gasteiger partial charge in [-0.3, -0.25) is 4.98 Å². The Morgan fingerprint density at radius 1 is 0.857 bits per heavy atom. The molecule has 5 rings (SSSR count). The van der Waals surface area contributed by atoms with Crippen LogP contribution in [0.15, 0.2) is 53.6 Å². The van der Waals surface area contributed by atoms with E-state index in [0.717, 1.165) is 68.7 Å². The van der Waals surface area contributed by atoms with Crippen molar-refractivity contribution >= 4 is 16.0 Å². The number of sulfonamides is 1. The summed E-state index contributed by atoms with van der Waals surface area (Å²) < 4.78 is 40.7. The van der Waals surface area contributed by atoms with E-state index in [9.17, 15) is 12.8 Å². The highest BCUT2D eigenvalue weighted by Crippen LogP contribution is 2.38. The maximum Gasteiger partial charge on any atom is 0.240 e. The van der Waals surface area contributed by atoms with Crippen molar-refractivity contribution < 1.29 is 12.8 Å². The van der Waals surface area contributed by atoms with Crippen molar-refractivity contribution in [2.75, 3.05) is 18.4 Å². The van der Waals surface area contributed by atoms with E-state index in [4.69, 9.17) is 0 Å². The molecule has 0 aliphatic heterocycles. The molecule has 0 bridgehead atoms. The molecular formula is C25H29FN6O2S. The van der Waals surface area contributed by atoms with Gasteiger partial charge in [0.1, 0.15) is 17.3 Å². The van der Waals surface area contributed by atoms with E-state index in [0.29, 0.717) is 30.2 Å². The molecule has 2 aliphatic rings. The van der Waals surface area contributed by atoms with E-state index in [1.807, 2.05) is 18.2 Å². The van der Waals surface area contributed by atoms with Crippen molar-refractivity contribution in [1.29, 1.82) is 0 Å². The van der Waals surface area contributed by atoms with Crippen LogP contribution < -0.4 is 10.0 Å². The highest BCUT2D eigenvalue weighted by molar-refractivity contribution is 7.89. The van der Waals surface area contributed by atoms with Crippen molar-refractivity contribution in [3.05, 3.63) is 60.3 Å². The molecule has 35 heavy (non-hydrogen) atoms. The molecule has 0 amide bonds. The summed E-state index contributed by atoms with van der Waals surface area (Å²) in [5, 5.41) is 3.41. The topological polar surface area (TPSA) is 110 Å². The third-order valence-electron chi connectivity index (χ3n) is 6.69. The summed E-state index contributed by atoms with van der Waals surface area (Å²) in [5.74, 6) is 2.74. The first-order chi connectivity index (χ1) is 17.0. The molecule has 2 N–H and O–H groups in total. The van der Waals surface area contributed by atoms with Gasteiger partial charge >= 0.3 is 0 Å². The lowest BCUT2D eigenvalue weighted by Crippen LogP contribution is -2.32. The van der Waals surface area contributed by atoms with E-state index in [1.54, 1.807) is 6.20 Å². The van der Waals surface area contributed by atoms with Gasteiger partial charge in [-0.05, 0) is 86.8 Å². The van der Waals surface area contributed by atoms with E-state index in [1.165, 1.54) is 12.1 Å². The number of anilines is 1. The summed E-state index contributed by atoms with van der Waals surface area (Å²) in [6, 6.07) is 10.6. The number of nitrogens with zero attached hydrogens (tertiary/aromatic N) is 4. The number of rotatable bonds is 9. The minimum absolute atomic E-state index is 0.0878. The van der Waals surface area contributed by atoms with Crippen molar-refractivity contribution in [2.45, 2.75) is 49.3 Å². The Kier molecular flexibility index (Phi) is 7.01. The fourth-order valence-corrected chi connectivity index (χ4v) is 5.52. The van der Waals surface area contributed by atoms with Gasteiger partial charge in [0, 0.05) is 25.2 Å². The molecule has 2 saturated carbocycles. The fourth-order valence-electron chi connectivity index (χ4n) is 4.41. The van der Waals surface area contributed by atoms with Crippen molar-refractivity contribution in [2.24, 2.45) is 11.8 Å².